The Labute approximate surface area is 138 Å². The lowest BCUT2D eigenvalue weighted by atomic mass is 9.96. The number of imidazole rings is 1. The van der Waals surface area contributed by atoms with Crippen LogP contribution in [-0.4, -0.2) is 51.8 Å². The number of hydrogen-bond donors (Lipinski definition) is 2. The van der Waals surface area contributed by atoms with Crippen LogP contribution in [0, 0.1) is 5.92 Å². The Hall–Kier alpha value is -1.43. The lowest BCUT2D eigenvalue weighted by molar-refractivity contribution is 0.0997. The number of aryl methyl sites for hydroxylation is 1. The molecular weight excluding hydrogens is 288 g/mol. The van der Waals surface area contributed by atoms with Crippen molar-refractivity contribution in [2.45, 2.75) is 32.4 Å². The number of hydrogen-bond acceptors (Lipinski definition) is 4. The Morgan fingerprint density at radius 1 is 1.30 bits per heavy atom. The summed E-state index contributed by atoms with van der Waals surface area (Å²) in [6.45, 7) is 6.74. The molecule has 2 N–H and O–H groups in total. The van der Waals surface area contributed by atoms with Crippen molar-refractivity contribution in [1.82, 2.24) is 19.8 Å². The number of para-hydroxylation sites is 2. The van der Waals surface area contributed by atoms with Gasteiger partial charge in [0.25, 0.3) is 0 Å². The van der Waals surface area contributed by atoms with E-state index in [-0.39, 0.29) is 6.10 Å². The molecule has 126 valence electrons. The van der Waals surface area contributed by atoms with Gasteiger partial charge in [-0.05, 0) is 57.5 Å². The largest absolute Gasteiger partial charge is 0.392 e. The number of fused-ring (bicyclic) bond motifs is 1. The zero-order valence-electron chi connectivity index (χ0n) is 14.2. The fourth-order valence-electron chi connectivity index (χ4n) is 3.49. The smallest absolute Gasteiger partial charge is 0.123 e. The van der Waals surface area contributed by atoms with E-state index in [1.165, 1.54) is 18.4 Å². The second-order valence-electron chi connectivity index (χ2n) is 6.80. The van der Waals surface area contributed by atoms with Crippen LogP contribution in [0.3, 0.4) is 0 Å². The highest BCUT2D eigenvalue weighted by atomic mass is 16.3. The molecular formula is C18H28N4O. The third-order valence-corrected chi connectivity index (χ3v) is 4.83. The fourth-order valence-corrected chi connectivity index (χ4v) is 3.49. The first-order valence-corrected chi connectivity index (χ1v) is 8.65. The van der Waals surface area contributed by atoms with Crippen molar-refractivity contribution in [3.63, 3.8) is 0 Å². The van der Waals surface area contributed by atoms with Crippen molar-refractivity contribution in [3.8, 4) is 0 Å². The molecule has 23 heavy (non-hydrogen) atoms. The molecule has 3 rings (SSSR count). The molecule has 0 unspecified atom stereocenters. The zero-order chi connectivity index (χ0) is 16.2. The molecule has 0 radical (unpaired) electrons. The molecule has 1 atom stereocenters. The molecule has 1 fully saturated rings. The van der Waals surface area contributed by atoms with Gasteiger partial charge in [-0.3, -0.25) is 0 Å². The SMILES string of the molecule is C[C@H](O)CN1CCC(CNCc2nc3ccccc3n2C)CC1. The summed E-state index contributed by atoms with van der Waals surface area (Å²) in [4.78, 5) is 7.07. The molecule has 0 aliphatic carbocycles. The van der Waals surface area contributed by atoms with E-state index in [4.69, 9.17) is 4.98 Å². The monoisotopic (exact) mass is 316 g/mol. The van der Waals surface area contributed by atoms with E-state index in [9.17, 15) is 5.11 Å². The summed E-state index contributed by atoms with van der Waals surface area (Å²) in [6, 6.07) is 8.27. The van der Waals surface area contributed by atoms with E-state index in [2.05, 4.69) is 40.0 Å². The Balaban J connectivity index is 1.45. The van der Waals surface area contributed by atoms with Gasteiger partial charge in [0.1, 0.15) is 5.82 Å². The minimum Gasteiger partial charge on any atom is -0.392 e. The van der Waals surface area contributed by atoms with Gasteiger partial charge >= 0.3 is 0 Å². The number of rotatable bonds is 6. The van der Waals surface area contributed by atoms with Crippen molar-refractivity contribution in [2.24, 2.45) is 13.0 Å². The average molecular weight is 316 g/mol. The first kappa shape index (κ1) is 16.4. The topological polar surface area (TPSA) is 53.3 Å². The minimum atomic E-state index is -0.220. The number of benzene rings is 1. The average Bonchev–Trinajstić information content (AvgIpc) is 2.85. The molecule has 1 aliphatic rings. The van der Waals surface area contributed by atoms with Crippen LogP contribution in [0.4, 0.5) is 0 Å². The van der Waals surface area contributed by atoms with Crippen LogP contribution < -0.4 is 5.32 Å². The van der Waals surface area contributed by atoms with Gasteiger partial charge in [0, 0.05) is 13.6 Å². The van der Waals surface area contributed by atoms with Crippen LogP contribution in [-0.2, 0) is 13.6 Å². The first-order valence-electron chi connectivity index (χ1n) is 8.65. The number of nitrogens with one attached hydrogen (secondary N) is 1. The maximum atomic E-state index is 9.46. The molecule has 0 saturated carbocycles. The van der Waals surface area contributed by atoms with E-state index < -0.39 is 0 Å². The lowest BCUT2D eigenvalue weighted by Crippen LogP contribution is -2.40. The van der Waals surface area contributed by atoms with Gasteiger partial charge < -0.3 is 19.9 Å². The van der Waals surface area contributed by atoms with Gasteiger partial charge in [0.15, 0.2) is 0 Å². The number of aliphatic hydroxyl groups excluding tert-OH is 1. The van der Waals surface area contributed by atoms with Crippen molar-refractivity contribution < 1.29 is 5.11 Å². The molecule has 5 nitrogen and oxygen atoms in total. The summed E-state index contributed by atoms with van der Waals surface area (Å²) >= 11 is 0. The second kappa shape index (κ2) is 7.43. The number of piperidine rings is 1. The molecule has 5 heteroatoms. The van der Waals surface area contributed by atoms with Crippen molar-refractivity contribution in [3.05, 3.63) is 30.1 Å². The molecule has 1 aromatic carbocycles. The highest BCUT2D eigenvalue weighted by Crippen LogP contribution is 2.17. The van der Waals surface area contributed by atoms with E-state index in [0.717, 1.165) is 50.0 Å². The Morgan fingerprint density at radius 3 is 2.74 bits per heavy atom. The third-order valence-electron chi connectivity index (χ3n) is 4.83. The van der Waals surface area contributed by atoms with Crippen LogP contribution in [0.5, 0.6) is 0 Å². The lowest BCUT2D eigenvalue weighted by Gasteiger charge is -2.32. The summed E-state index contributed by atoms with van der Waals surface area (Å²) in [5.74, 6) is 1.83. The van der Waals surface area contributed by atoms with Crippen molar-refractivity contribution in [1.29, 1.82) is 0 Å². The first-order chi connectivity index (χ1) is 11.1. The van der Waals surface area contributed by atoms with Gasteiger partial charge in [-0.25, -0.2) is 4.98 Å². The number of likely N-dealkylation sites (tertiary alicyclic amines) is 1. The number of nitrogens with zero attached hydrogens (tertiary/aromatic N) is 3. The maximum absolute atomic E-state index is 9.46. The van der Waals surface area contributed by atoms with Gasteiger partial charge in [-0.15, -0.1) is 0 Å². The third kappa shape index (κ3) is 4.10. The van der Waals surface area contributed by atoms with Crippen LogP contribution in [0.25, 0.3) is 11.0 Å². The van der Waals surface area contributed by atoms with Crippen molar-refractivity contribution in [2.75, 3.05) is 26.2 Å². The van der Waals surface area contributed by atoms with Gasteiger partial charge in [-0.2, -0.15) is 0 Å². The number of β-amino-alcohol motifs (C(OH)–C–C–N with tert-alkyl or cyclic N) is 1. The summed E-state index contributed by atoms with van der Waals surface area (Å²) < 4.78 is 2.17. The predicted molar refractivity (Wildman–Crippen MR) is 93.3 cm³/mol. The van der Waals surface area contributed by atoms with Crippen LogP contribution in [0.15, 0.2) is 24.3 Å². The molecule has 1 saturated heterocycles. The molecule has 1 aromatic heterocycles. The standard InChI is InChI=1S/C18H28N4O/c1-14(23)13-22-9-7-15(8-10-22)11-19-12-18-20-16-5-3-4-6-17(16)21(18)2/h3-6,14-15,19,23H,7-13H2,1-2H3/t14-/m0/s1. The van der Waals surface area contributed by atoms with E-state index in [0.29, 0.717) is 0 Å². The van der Waals surface area contributed by atoms with Gasteiger partial charge in [-0.1, -0.05) is 12.1 Å². The quantitative estimate of drug-likeness (QED) is 0.853. The summed E-state index contributed by atoms with van der Waals surface area (Å²) in [5.41, 5.74) is 2.26. The molecule has 0 amide bonds. The molecule has 2 heterocycles. The summed E-state index contributed by atoms with van der Waals surface area (Å²) in [5, 5.41) is 13.0. The summed E-state index contributed by atoms with van der Waals surface area (Å²) in [7, 11) is 2.08. The molecule has 0 spiro atoms. The van der Waals surface area contributed by atoms with E-state index >= 15 is 0 Å². The normalized spacial score (nSPS) is 18.6. The van der Waals surface area contributed by atoms with E-state index in [1.54, 1.807) is 0 Å². The van der Waals surface area contributed by atoms with Crippen molar-refractivity contribution >= 4 is 11.0 Å². The van der Waals surface area contributed by atoms with Gasteiger partial charge in [0.05, 0.1) is 23.7 Å². The Bertz CT molecular complexity index is 629. The minimum absolute atomic E-state index is 0.220. The Morgan fingerprint density at radius 2 is 2.04 bits per heavy atom. The predicted octanol–water partition coefficient (Wildman–Crippen LogP) is 1.76. The van der Waals surface area contributed by atoms with Crippen LogP contribution in [0.2, 0.25) is 0 Å². The van der Waals surface area contributed by atoms with E-state index in [1.807, 2.05) is 13.0 Å². The van der Waals surface area contributed by atoms with Crippen LogP contribution >= 0.6 is 0 Å². The van der Waals surface area contributed by atoms with Gasteiger partial charge in [0.2, 0.25) is 0 Å². The molecule has 2 aromatic rings. The number of aliphatic hydroxyl groups is 1. The fraction of sp³-hybridized carbons (Fsp3) is 0.611. The number of aromatic nitrogens is 2. The molecule has 0 bridgehead atoms. The second-order valence-corrected chi connectivity index (χ2v) is 6.80. The zero-order valence-corrected chi connectivity index (χ0v) is 14.2. The maximum Gasteiger partial charge on any atom is 0.123 e. The van der Waals surface area contributed by atoms with Crippen LogP contribution in [0.1, 0.15) is 25.6 Å². The summed E-state index contributed by atoms with van der Waals surface area (Å²) in [6.07, 6.45) is 2.20. The Kier molecular flexibility index (Phi) is 5.30. The molecule has 1 aliphatic heterocycles. The highest BCUT2D eigenvalue weighted by Gasteiger charge is 2.19. The highest BCUT2D eigenvalue weighted by molar-refractivity contribution is 5.75.